The van der Waals surface area contributed by atoms with E-state index >= 15 is 0 Å². The molecule has 0 saturated carbocycles. The summed E-state index contributed by atoms with van der Waals surface area (Å²) in [6.45, 7) is 6.28. The highest BCUT2D eigenvalue weighted by Crippen LogP contribution is 2.30. The molecule has 4 rings (SSSR count). The number of carbonyl (C=O) groups excluding carboxylic acids is 1. The van der Waals surface area contributed by atoms with Gasteiger partial charge in [-0.3, -0.25) is 4.79 Å². The minimum Gasteiger partial charge on any atom is -0.485 e. The van der Waals surface area contributed by atoms with Crippen molar-refractivity contribution in [1.29, 1.82) is 0 Å². The Labute approximate surface area is 154 Å². The van der Waals surface area contributed by atoms with Crippen LogP contribution in [0.5, 0.6) is 5.75 Å². The third kappa shape index (κ3) is 3.36. The van der Waals surface area contributed by atoms with Crippen molar-refractivity contribution >= 4 is 5.91 Å². The molecule has 1 aromatic carbocycles. The highest BCUT2D eigenvalue weighted by molar-refractivity contribution is 5.92. The molecule has 0 aliphatic carbocycles. The molecule has 1 N–H and O–H groups in total. The lowest BCUT2D eigenvalue weighted by Gasteiger charge is -2.26. The first-order valence-electron chi connectivity index (χ1n) is 9.44. The largest absolute Gasteiger partial charge is 0.485 e. The van der Waals surface area contributed by atoms with Gasteiger partial charge in [0.15, 0.2) is 5.76 Å². The molecule has 2 atom stereocenters. The number of fused-ring (bicyclic) bond motifs is 2. The van der Waals surface area contributed by atoms with E-state index in [2.05, 4.69) is 18.3 Å². The summed E-state index contributed by atoms with van der Waals surface area (Å²) in [5.41, 5.74) is 2.31. The summed E-state index contributed by atoms with van der Waals surface area (Å²) >= 11 is 0. The van der Waals surface area contributed by atoms with Gasteiger partial charge in [-0.05, 0) is 63.4 Å². The van der Waals surface area contributed by atoms with Crippen molar-refractivity contribution in [2.75, 3.05) is 13.1 Å². The maximum atomic E-state index is 13.0. The summed E-state index contributed by atoms with van der Waals surface area (Å²) in [6.07, 6.45) is 3.19. The number of benzene rings is 1. The maximum absolute atomic E-state index is 13.0. The van der Waals surface area contributed by atoms with Crippen molar-refractivity contribution in [2.24, 2.45) is 0 Å². The first kappa shape index (κ1) is 17.2. The summed E-state index contributed by atoms with van der Waals surface area (Å²) in [4.78, 5) is 15.0. The van der Waals surface area contributed by atoms with Crippen LogP contribution in [0.15, 0.2) is 34.7 Å². The van der Waals surface area contributed by atoms with E-state index in [1.165, 1.54) is 5.56 Å². The summed E-state index contributed by atoms with van der Waals surface area (Å²) in [5.74, 6) is 1.95. The molecule has 2 aromatic rings. The van der Waals surface area contributed by atoms with Gasteiger partial charge in [0.25, 0.3) is 5.91 Å². The van der Waals surface area contributed by atoms with Crippen molar-refractivity contribution in [3.63, 3.8) is 0 Å². The summed E-state index contributed by atoms with van der Waals surface area (Å²) < 4.78 is 11.7. The van der Waals surface area contributed by atoms with Crippen LogP contribution in [0.3, 0.4) is 0 Å². The molecule has 2 aliphatic rings. The van der Waals surface area contributed by atoms with E-state index in [4.69, 9.17) is 9.15 Å². The van der Waals surface area contributed by atoms with Crippen LogP contribution in [0.25, 0.3) is 0 Å². The number of aryl methyl sites for hydroxylation is 2. The van der Waals surface area contributed by atoms with Crippen LogP contribution in [0.1, 0.15) is 46.7 Å². The SMILES string of the molecule is Cc1ccc(OCc2ccc(C(=O)N3C4CCNCC3CC4)o2)c(C)c1. The lowest BCUT2D eigenvalue weighted by Crippen LogP contribution is -2.42. The lowest BCUT2D eigenvalue weighted by atomic mass is 10.1. The van der Waals surface area contributed by atoms with Gasteiger partial charge in [-0.2, -0.15) is 0 Å². The number of nitrogens with zero attached hydrogens (tertiary/aromatic N) is 1. The fourth-order valence-electron chi connectivity index (χ4n) is 4.12. The average Bonchev–Trinajstić information content (AvgIpc) is 3.17. The van der Waals surface area contributed by atoms with Crippen LogP contribution in [0, 0.1) is 13.8 Å². The number of rotatable bonds is 4. The predicted molar refractivity (Wildman–Crippen MR) is 99.4 cm³/mol. The molecule has 2 fully saturated rings. The van der Waals surface area contributed by atoms with Crippen molar-refractivity contribution in [1.82, 2.24) is 10.2 Å². The molecule has 1 aromatic heterocycles. The number of amides is 1. The molecule has 0 spiro atoms. The minimum atomic E-state index is 0.0129. The van der Waals surface area contributed by atoms with E-state index in [0.29, 0.717) is 24.2 Å². The molecular formula is C21H26N2O3. The van der Waals surface area contributed by atoms with Crippen LogP contribution >= 0.6 is 0 Å². The molecule has 2 saturated heterocycles. The second-order valence-corrected chi connectivity index (χ2v) is 7.41. The van der Waals surface area contributed by atoms with Gasteiger partial charge in [-0.15, -0.1) is 0 Å². The van der Waals surface area contributed by atoms with Gasteiger partial charge < -0.3 is 19.4 Å². The number of hydrogen-bond acceptors (Lipinski definition) is 4. The molecule has 0 radical (unpaired) electrons. The highest BCUT2D eigenvalue weighted by Gasteiger charge is 2.39. The Kier molecular flexibility index (Phi) is 4.72. The molecule has 2 unspecified atom stereocenters. The molecule has 2 aliphatic heterocycles. The number of carbonyl (C=O) groups is 1. The third-order valence-corrected chi connectivity index (χ3v) is 5.46. The Morgan fingerprint density at radius 1 is 1.19 bits per heavy atom. The normalized spacial score (nSPS) is 22.3. The fourth-order valence-corrected chi connectivity index (χ4v) is 4.12. The topological polar surface area (TPSA) is 54.7 Å². The molecule has 3 heterocycles. The van der Waals surface area contributed by atoms with Gasteiger partial charge in [0.1, 0.15) is 18.1 Å². The van der Waals surface area contributed by atoms with Crippen LogP contribution in [0.4, 0.5) is 0 Å². The Bertz CT molecular complexity index is 784. The standard InChI is InChI=1S/C21H26N2O3/c1-14-3-7-19(15(2)11-14)25-13-18-6-8-20(26-18)21(24)23-16-4-5-17(23)12-22-10-9-16/h3,6-8,11,16-17,22H,4-5,9-10,12-13H2,1-2H3. The first-order chi connectivity index (χ1) is 12.6. The monoisotopic (exact) mass is 354 g/mol. The highest BCUT2D eigenvalue weighted by atomic mass is 16.5. The average molecular weight is 354 g/mol. The van der Waals surface area contributed by atoms with Gasteiger partial charge in [-0.25, -0.2) is 0 Å². The molecule has 5 nitrogen and oxygen atoms in total. The van der Waals surface area contributed by atoms with Crippen LogP contribution in [-0.2, 0) is 6.61 Å². The molecule has 5 heteroatoms. The zero-order valence-electron chi connectivity index (χ0n) is 15.5. The minimum absolute atomic E-state index is 0.0129. The summed E-state index contributed by atoms with van der Waals surface area (Å²) in [5, 5.41) is 3.42. The Hall–Kier alpha value is -2.27. The van der Waals surface area contributed by atoms with Crippen molar-refractivity contribution < 1.29 is 13.9 Å². The smallest absolute Gasteiger partial charge is 0.290 e. The van der Waals surface area contributed by atoms with E-state index in [0.717, 1.165) is 43.7 Å². The second kappa shape index (κ2) is 7.16. The number of furan rings is 1. The van der Waals surface area contributed by atoms with E-state index in [9.17, 15) is 4.79 Å². The zero-order chi connectivity index (χ0) is 18.1. The zero-order valence-corrected chi connectivity index (χ0v) is 15.5. The van der Waals surface area contributed by atoms with Crippen molar-refractivity contribution in [3.8, 4) is 5.75 Å². The van der Waals surface area contributed by atoms with E-state index in [1.807, 2.05) is 30.0 Å². The summed E-state index contributed by atoms with van der Waals surface area (Å²) in [6, 6.07) is 10.3. The molecule has 1 amide bonds. The predicted octanol–water partition coefficient (Wildman–Crippen LogP) is 3.44. The second-order valence-electron chi connectivity index (χ2n) is 7.41. The van der Waals surface area contributed by atoms with E-state index in [1.54, 1.807) is 6.07 Å². The van der Waals surface area contributed by atoms with Gasteiger partial charge in [0.2, 0.25) is 0 Å². The van der Waals surface area contributed by atoms with E-state index < -0.39 is 0 Å². The van der Waals surface area contributed by atoms with Gasteiger partial charge >= 0.3 is 0 Å². The van der Waals surface area contributed by atoms with Crippen molar-refractivity contribution in [2.45, 2.75) is 51.8 Å². The number of nitrogens with one attached hydrogen (secondary N) is 1. The Balaban J connectivity index is 1.43. The molecular weight excluding hydrogens is 328 g/mol. The van der Waals surface area contributed by atoms with E-state index in [-0.39, 0.29) is 11.9 Å². The van der Waals surface area contributed by atoms with Gasteiger partial charge in [0, 0.05) is 18.6 Å². The van der Waals surface area contributed by atoms with Gasteiger partial charge in [-0.1, -0.05) is 17.7 Å². The van der Waals surface area contributed by atoms with Crippen LogP contribution in [-0.4, -0.2) is 36.0 Å². The van der Waals surface area contributed by atoms with Crippen LogP contribution in [0.2, 0.25) is 0 Å². The quantitative estimate of drug-likeness (QED) is 0.914. The third-order valence-electron chi connectivity index (χ3n) is 5.46. The van der Waals surface area contributed by atoms with Crippen molar-refractivity contribution in [3.05, 3.63) is 53.0 Å². The summed E-state index contributed by atoms with van der Waals surface area (Å²) in [7, 11) is 0. The molecule has 26 heavy (non-hydrogen) atoms. The first-order valence-corrected chi connectivity index (χ1v) is 9.44. The number of ether oxygens (including phenoxy) is 1. The molecule has 2 bridgehead atoms. The lowest BCUT2D eigenvalue weighted by molar-refractivity contribution is 0.0643. The van der Waals surface area contributed by atoms with Crippen LogP contribution < -0.4 is 10.1 Å². The molecule has 138 valence electrons. The Morgan fingerprint density at radius 2 is 2.04 bits per heavy atom. The Morgan fingerprint density at radius 3 is 2.88 bits per heavy atom. The van der Waals surface area contributed by atoms with Gasteiger partial charge in [0.05, 0.1) is 0 Å². The maximum Gasteiger partial charge on any atom is 0.290 e. The fraction of sp³-hybridized carbons (Fsp3) is 0.476. The number of hydrogen-bond donors (Lipinski definition) is 1.